The van der Waals surface area contributed by atoms with Gasteiger partial charge in [-0.2, -0.15) is 5.26 Å². The predicted molar refractivity (Wildman–Crippen MR) is 113 cm³/mol. The highest BCUT2D eigenvalue weighted by Crippen LogP contribution is 2.27. The zero-order valence-corrected chi connectivity index (χ0v) is 16.5. The summed E-state index contributed by atoms with van der Waals surface area (Å²) in [5.74, 6) is 0.816. The summed E-state index contributed by atoms with van der Waals surface area (Å²) in [4.78, 5) is 10.6. The lowest BCUT2D eigenvalue weighted by Gasteiger charge is -2.11. The lowest BCUT2D eigenvalue weighted by atomic mass is 10.0. The third-order valence-corrected chi connectivity index (χ3v) is 4.66. The van der Waals surface area contributed by atoms with Crippen LogP contribution in [0.2, 0.25) is 0 Å². The van der Waals surface area contributed by atoms with Gasteiger partial charge in [0.25, 0.3) is 5.69 Å². The summed E-state index contributed by atoms with van der Waals surface area (Å²) in [6.45, 7) is 6.54. The van der Waals surface area contributed by atoms with Crippen molar-refractivity contribution in [3.05, 3.63) is 87.2 Å². The van der Waals surface area contributed by atoms with E-state index in [9.17, 15) is 15.4 Å². The molecular formula is C23H21N3O3. The molecule has 0 saturated heterocycles. The van der Waals surface area contributed by atoms with E-state index in [1.165, 1.54) is 12.1 Å². The smallest absolute Gasteiger partial charge is 0.270 e. The molecule has 0 saturated carbocycles. The summed E-state index contributed by atoms with van der Waals surface area (Å²) in [6, 6.07) is 18.1. The Hall–Kier alpha value is -3.85. The summed E-state index contributed by atoms with van der Waals surface area (Å²) in [6.07, 6.45) is 1.77. The quantitative estimate of drug-likeness (QED) is 0.319. The highest BCUT2D eigenvalue weighted by atomic mass is 16.6. The van der Waals surface area contributed by atoms with Crippen molar-refractivity contribution < 1.29 is 9.66 Å². The summed E-state index contributed by atoms with van der Waals surface area (Å²) >= 11 is 0. The lowest BCUT2D eigenvalue weighted by Crippen LogP contribution is -1.99. The highest BCUT2D eigenvalue weighted by molar-refractivity contribution is 5.90. The van der Waals surface area contributed by atoms with Crippen LogP contribution in [0.15, 0.2) is 54.6 Å². The molecule has 0 bridgehead atoms. The molecule has 6 heteroatoms. The second-order valence-corrected chi connectivity index (χ2v) is 6.57. The first-order chi connectivity index (χ1) is 13.9. The van der Waals surface area contributed by atoms with Crippen LogP contribution in [0.25, 0.3) is 17.3 Å². The van der Waals surface area contributed by atoms with Crippen LogP contribution in [-0.2, 0) is 0 Å². The van der Waals surface area contributed by atoms with Gasteiger partial charge in [-0.15, -0.1) is 0 Å². The van der Waals surface area contributed by atoms with Crippen LogP contribution in [0.3, 0.4) is 0 Å². The molecule has 0 N–H and O–H groups in total. The molecule has 3 rings (SSSR count). The Labute approximate surface area is 169 Å². The number of aromatic nitrogens is 1. The molecule has 0 amide bonds. The zero-order chi connectivity index (χ0) is 21.0. The van der Waals surface area contributed by atoms with E-state index in [2.05, 4.69) is 10.6 Å². The minimum atomic E-state index is -0.462. The van der Waals surface area contributed by atoms with Crippen LogP contribution in [0.1, 0.15) is 29.4 Å². The van der Waals surface area contributed by atoms with Crippen LogP contribution in [-0.4, -0.2) is 16.1 Å². The number of nitro benzene ring substituents is 1. The van der Waals surface area contributed by atoms with Crippen molar-refractivity contribution in [2.45, 2.75) is 20.8 Å². The minimum Gasteiger partial charge on any atom is -0.494 e. The number of ether oxygens (including phenoxy) is 1. The molecule has 146 valence electrons. The van der Waals surface area contributed by atoms with Gasteiger partial charge in [0.05, 0.1) is 23.2 Å². The van der Waals surface area contributed by atoms with Crippen LogP contribution in [0, 0.1) is 35.3 Å². The number of hydrogen-bond donors (Lipinski definition) is 0. The van der Waals surface area contributed by atoms with Crippen molar-refractivity contribution in [3.8, 4) is 17.5 Å². The first kappa shape index (κ1) is 19.9. The topological polar surface area (TPSA) is 81.1 Å². The summed E-state index contributed by atoms with van der Waals surface area (Å²) in [7, 11) is 0. The van der Waals surface area contributed by atoms with Gasteiger partial charge in [-0.05, 0) is 68.3 Å². The van der Waals surface area contributed by atoms with E-state index in [0.717, 1.165) is 28.4 Å². The van der Waals surface area contributed by atoms with Gasteiger partial charge in [-0.25, -0.2) is 0 Å². The Morgan fingerprint density at radius 3 is 2.55 bits per heavy atom. The first-order valence-electron chi connectivity index (χ1n) is 9.23. The summed E-state index contributed by atoms with van der Waals surface area (Å²) in [5, 5.41) is 20.7. The summed E-state index contributed by atoms with van der Waals surface area (Å²) in [5.41, 5.74) is 4.74. The predicted octanol–water partition coefficient (Wildman–Crippen LogP) is 5.47. The van der Waals surface area contributed by atoms with Crippen LogP contribution in [0.5, 0.6) is 5.75 Å². The SMILES string of the molecule is CCOc1ccc(-n2c(C)cc(/C=C(/C#N)c3cccc([N+](=O)[O-])c3)c2C)cc1. The van der Waals surface area contributed by atoms with Crippen molar-refractivity contribution >= 4 is 17.3 Å². The number of rotatable bonds is 6. The van der Waals surface area contributed by atoms with Gasteiger partial charge in [0.2, 0.25) is 0 Å². The number of benzene rings is 2. The standard InChI is InChI=1S/C23H21N3O3/c1-4-29-23-10-8-21(9-11-23)25-16(2)12-19(17(25)3)13-20(15-24)18-6-5-7-22(14-18)26(27)28/h5-14H,4H2,1-3H3/b20-13-. The van der Waals surface area contributed by atoms with E-state index in [1.807, 2.05) is 51.1 Å². The molecule has 6 nitrogen and oxygen atoms in total. The molecule has 29 heavy (non-hydrogen) atoms. The molecule has 1 heterocycles. The molecule has 2 aromatic carbocycles. The van der Waals surface area contributed by atoms with E-state index >= 15 is 0 Å². The van der Waals surface area contributed by atoms with Gasteiger partial charge >= 0.3 is 0 Å². The number of non-ortho nitro benzene ring substituents is 1. The minimum absolute atomic E-state index is 0.0384. The molecule has 0 aliphatic heterocycles. The average molecular weight is 387 g/mol. The zero-order valence-electron chi connectivity index (χ0n) is 16.5. The van der Waals surface area contributed by atoms with Crippen LogP contribution in [0.4, 0.5) is 5.69 Å². The monoisotopic (exact) mass is 387 g/mol. The van der Waals surface area contributed by atoms with Crippen molar-refractivity contribution in [1.29, 1.82) is 5.26 Å². The third-order valence-electron chi connectivity index (χ3n) is 4.66. The van der Waals surface area contributed by atoms with Gasteiger partial charge in [0.1, 0.15) is 5.75 Å². The summed E-state index contributed by atoms with van der Waals surface area (Å²) < 4.78 is 7.60. The maximum Gasteiger partial charge on any atom is 0.270 e. The number of aryl methyl sites for hydroxylation is 1. The first-order valence-corrected chi connectivity index (χ1v) is 9.23. The Morgan fingerprint density at radius 2 is 1.93 bits per heavy atom. The molecule has 0 unspecified atom stereocenters. The molecule has 0 aliphatic carbocycles. The number of nitrogens with zero attached hydrogens (tertiary/aromatic N) is 3. The Bertz CT molecular complexity index is 1120. The number of nitriles is 1. The normalized spacial score (nSPS) is 11.2. The van der Waals surface area contributed by atoms with Crippen molar-refractivity contribution in [2.24, 2.45) is 0 Å². The second-order valence-electron chi connectivity index (χ2n) is 6.57. The van der Waals surface area contributed by atoms with Crippen molar-refractivity contribution in [2.75, 3.05) is 6.61 Å². The fraction of sp³-hybridized carbons (Fsp3) is 0.174. The van der Waals surface area contributed by atoms with E-state index in [1.54, 1.807) is 18.2 Å². The number of hydrogen-bond acceptors (Lipinski definition) is 4. The molecule has 0 spiro atoms. The number of nitro groups is 1. The van der Waals surface area contributed by atoms with E-state index in [-0.39, 0.29) is 5.69 Å². The second kappa shape index (κ2) is 8.44. The maximum absolute atomic E-state index is 11.0. The Kier molecular flexibility index (Phi) is 5.79. The Morgan fingerprint density at radius 1 is 1.21 bits per heavy atom. The maximum atomic E-state index is 11.0. The molecular weight excluding hydrogens is 366 g/mol. The van der Waals surface area contributed by atoms with E-state index < -0.39 is 4.92 Å². The van der Waals surface area contributed by atoms with Gasteiger partial charge in [0, 0.05) is 29.2 Å². The average Bonchev–Trinajstić information content (AvgIpc) is 3.00. The van der Waals surface area contributed by atoms with Gasteiger partial charge in [0.15, 0.2) is 0 Å². The molecule has 3 aromatic rings. The molecule has 1 aromatic heterocycles. The van der Waals surface area contributed by atoms with E-state index in [4.69, 9.17) is 4.74 Å². The highest BCUT2D eigenvalue weighted by Gasteiger charge is 2.13. The van der Waals surface area contributed by atoms with Crippen LogP contribution >= 0.6 is 0 Å². The van der Waals surface area contributed by atoms with Gasteiger partial charge in [-0.3, -0.25) is 10.1 Å². The third kappa shape index (κ3) is 4.19. The van der Waals surface area contributed by atoms with Crippen LogP contribution < -0.4 is 4.74 Å². The number of allylic oxidation sites excluding steroid dienone is 1. The van der Waals surface area contributed by atoms with Crippen molar-refractivity contribution in [1.82, 2.24) is 4.57 Å². The fourth-order valence-corrected chi connectivity index (χ4v) is 3.31. The fourth-order valence-electron chi connectivity index (χ4n) is 3.31. The van der Waals surface area contributed by atoms with E-state index in [0.29, 0.717) is 17.7 Å². The molecule has 0 radical (unpaired) electrons. The molecule has 0 atom stereocenters. The Balaban J connectivity index is 2.01. The lowest BCUT2D eigenvalue weighted by molar-refractivity contribution is -0.384. The molecule has 0 fully saturated rings. The van der Waals surface area contributed by atoms with Gasteiger partial charge in [-0.1, -0.05) is 12.1 Å². The van der Waals surface area contributed by atoms with Crippen molar-refractivity contribution in [3.63, 3.8) is 0 Å². The molecule has 0 aliphatic rings. The largest absolute Gasteiger partial charge is 0.494 e. The van der Waals surface area contributed by atoms with Gasteiger partial charge < -0.3 is 9.30 Å².